The molecule has 1 atom stereocenters. The second-order valence-corrected chi connectivity index (χ2v) is 5.99. The molecule has 1 unspecified atom stereocenters. The second-order valence-electron chi connectivity index (χ2n) is 5.05. The SMILES string of the molecule is Cl.Cl.NCC(NC(=O)Cc1coc(-c2cccs2)n1)C1CC1. The fraction of sp³-hybridized carbons (Fsp3) is 0.429. The molecule has 1 amide bonds. The number of aromatic nitrogens is 1. The van der Waals surface area contributed by atoms with Crippen LogP contribution in [-0.4, -0.2) is 23.5 Å². The number of nitrogens with two attached hydrogens (primary N) is 1. The quantitative estimate of drug-likeness (QED) is 0.826. The van der Waals surface area contributed by atoms with Gasteiger partial charge in [-0.05, 0) is 30.2 Å². The lowest BCUT2D eigenvalue weighted by molar-refractivity contribution is -0.121. The number of oxazole rings is 1. The Morgan fingerprint density at radius 3 is 2.86 bits per heavy atom. The molecule has 0 radical (unpaired) electrons. The maximum absolute atomic E-state index is 12.0. The first-order valence-electron chi connectivity index (χ1n) is 6.74. The van der Waals surface area contributed by atoms with E-state index in [1.54, 1.807) is 17.6 Å². The lowest BCUT2D eigenvalue weighted by Crippen LogP contribution is -2.42. The van der Waals surface area contributed by atoms with E-state index in [9.17, 15) is 4.79 Å². The van der Waals surface area contributed by atoms with Crippen molar-refractivity contribution in [3.8, 4) is 10.8 Å². The summed E-state index contributed by atoms with van der Waals surface area (Å²) in [5, 5.41) is 4.94. The largest absolute Gasteiger partial charge is 0.444 e. The van der Waals surface area contributed by atoms with E-state index in [1.807, 2.05) is 17.5 Å². The van der Waals surface area contributed by atoms with Gasteiger partial charge in [-0.1, -0.05) is 6.07 Å². The Balaban J connectivity index is 0.00000121. The summed E-state index contributed by atoms with van der Waals surface area (Å²) in [6.07, 6.45) is 4.10. The third kappa shape index (κ3) is 4.71. The van der Waals surface area contributed by atoms with E-state index in [2.05, 4.69) is 10.3 Å². The van der Waals surface area contributed by atoms with Crippen molar-refractivity contribution in [2.24, 2.45) is 11.7 Å². The van der Waals surface area contributed by atoms with Crippen LogP contribution >= 0.6 is 36.2 Å². The van der Waals surface area contributed by atoms with Gasteiger partial charge >= 0.3 is 0 Å². The summed E-state index contributed by atoms with van der Waals surface area (Å²) in [4.78, 5) is 17.3. The maximum atomic E-state index is 12.0. The molecule has 2 aromatic heterocycles. The Labute approximate surface area is 145 Å². The number of hydrogen-bond acceptors (Lipinski definition) is 5. The molecule has 5 nitrogen and oxygen atoms in total. The van der Waals surface area contributed by atoms with Crippen LogP contribution in [-0.2, 0) is 11.2 Å². The molecule has 0 aromatic carbocycles. The highest BCUT2D eigenvalue weighted by atomic mass is 35.5. The molecule has 0 spiro atoms. The van der Waals surface area contributed by atoms with Crippen LogP contribution < -0.4 is 11.1 Å². The Hall–Kier alpha value is -1.08. The summed E-state index contributed by atoms with van der Waals surface area (Å²) >= 11 is 1.56. The van der Waals surface area contributed by atoms with Crippen LogP contribution in [0.25, 0.3) is 10.8 Å². The van der Waals surface area contributed by atoms with Gasteiger partial charge in [-0.3, -0.25) is 4.79 Å². The van der Waals surface area contributed by atoms with Gasteiger partial charge in [0.15, 0.2) is 0 Å². The number of thiophene rings is 1. The molecule has 22 heavy (non-hydrogen) atoms. The summed E-state index contributed by atoms with van der Waals surface area (Å²) in [6.45, 7) is 0.496. The summed E-state index contributed by atoms with van der Waals surface area (Å²) in [6, 6.07) is 3.99. The van der Waals surface area contributed by atoms with Crippen LogP contribution in [0, 0.1) is 5.92 Å². The van der Waals surface area contributed by atoms with Crippen molar-refractivity contribution >= 4 is 42.1 Å². The van der Waals surface area contributed by atoms with E-state index in [-0.39, 0.29) is 43.2 Å². The Morgan fingerprint density at radius 2 is 2.27 bits per heavy atom. The highest BCUT2D eigenvalue weighted by molar-refractivity contribution is 7.13. The zero-order valence-corrected chi connectivity index (χ0v) is 14.3. The predicted octanol–water partition coefficient (Wildman–Crippen LogP) is 2.64. The predicted molar refractivity (Wildman–Crippen MR) is 91.7 cm³/mol. The van der Waals surface area contributed by atoms with Crippen molar-refractivity contribution in [2.75, 3.05) is 6.54 Å². The van der Waals surface area contributed by atoms with E-state index >= 15 is 0 Å². The minimum atomic E-state index is -0.0432. The summed E-state index contributed by atoms with van der Waals surface area (Å²) < 4.78 is 5.40. The van der Waals surface area contributed by atoms with Crippen molar-refractivity contribution < 1.29 is 9.21 Å². The van der Waals surface area contributed by atoms with Crippen LogP contribution in [0.5, 0.6) is 0 Å². The fourth-order valence-corrected chi connectivity index (χ4v) is 2.85. The van der Waals surface area contributed by atoms with Crippen LogP contribution in [0.15, 0.2) is 28.2 Å². The fourth-order valence-electron chi connectivity index (χ4n) is 2.19. The van der Waals surface area contributed by atoms with Crippen LogP contribution in [0.1, 0.15) is 18.5 Å². The first-order valence-corrected chi connectivity index (χ1v) is 7.62. The summed E-state index contributed by atoms with van der Waals surface area (Å²) in [7, 11) is 0. The maximum Gasteiger partial charge on any atom is 0.236 e. The van der Waals surface area contributed by atoms with Gasteiger partial charge in [-0.2, -0.15) is 0 Å². The van der Waals surface area contributed by atoms with Crippen molar-refractivity contribution in [3.63, 3.8) is 0 Å². The van der Waals surface area contributed by atoms with E-state index in [0.717, 1.165) is 17.7 Å². The van der Waals surface area contributed by atoms with Crippen molar-refractivity contribution in [1.29, 1.82) is 0 Å². The van der Waals surface area contributed by atoms with Crippen molar-refractivity contribution in [1.82, 2.24) is 10.3 Å². The van der Waals surface area contributed by atoms with E-state index in [1.165, 1.54) is 0 Å². The third-order valence-corrected chi connectivity index (χ3v) is 4.27. The van der Waals surface area contributed by atoms with Crippen molar-refractivity contribution in [3.05, 3.63) is 29.5 Å². The number of amides is 1. The molecule has 3 N–H and O–H groups in total. The Morgan fingerprint density at radius 1 is 1.50 bits per heavy atom. The highest BCUT2D eigenvalue weighted by Crippen LogP contribution is 2.32. The number of nitrogens with one attached hydrogen (secondary N) is 1. The molecular weight excluding hydrogens is 345 g/mol. The van der Waals surface area contributed by atoms with Gasteiger partial charge in [0.05, 0.1) is 17.0 Å². The molecule has 8 heteroatoms. The van der Waals surface area contributed by atoms with Gasteiger partial charge in [0.25, 0.3) is 0 Å². The standard InChI is InChI=1S/C14H17N3O2S.2ClH/c15-7-11(9-3-4-9)17-13(18)6-10-8-19-14(16-10)12-2-1-5-20-12;;/h1-2,5,8-9,11H,3-4,6-7,15H2,(H,17,18);2*1H. The van der Waals surface area contributed by atoms with E-state index in [4.69, 9.17) is 10.2 Å². The van der Waals surface area contributed by atoms with Gasteiger partial charge in [-0.25, -0.2) is 4.98 Å². The molecule has 1 fully saturated rings. The average molecular weight is 364 g/mol. The number of rotatable bonds is 6. The lowest BCUT2D eigenvalue weighted by atomic mass is 10.2. The number of carbonyl (C=O) groups is 1. The normalized spacial score (nSPS) is 14.6. The highest BCUT2D eigenvalue weighted by Gasteiger charge is 2.31. The second kappa shape index (κ2) is 8.53. The zero-order chi connectivity index (χ0) is 13.9. The first kappa shape index (κ1) is 19.0. The Bertz CT molecular complexity index is 585. The topological polar surface area (TPSA) is 81.1 Å². The molecule has 0 saturated heterocycles. The molecule has 1 saturated carbocycles. The summed E-state index contributed by atoms with van der Waals surface area (Å²) in [5.41, 5.74) is 6.33. The molecule has 122 valence electrons. The van der Waals surface area contributed by atoms with Gasteiger partial charge in [-0.15, -0.1) is 36.2 Å². The molecule has 3 rings (SSSR count). The van der Waals surface area contributed by atoms with E-state index in [0.29, 0.717) is 24.0 Å². The smallest absolute Gasteiger partial charge is 0.236 e. The van der Waals surface area contributed by atoms with Gasteiger partial charge in [0, 0.05) is 12.6 Å². The zero-order valence-electron chi connectivity index (χ0n) is 11.9. The van der Waals surface area contributed by atoms with Gasteiger partial charge < -0.3 is 15.5 Å². The molecule has 2 aromatic rings. The van der Waals surface area contributed by atoms with Gasteiger partial charge in [0.1, 0.15) is 6.26 Å². The number of halogens is 2. The lowest BCUT2D eigenvalue weighted by Gasteiger charge is -2.15. The number of carbonyl (C=O) groups excluding carboxylic acids is 1. The average Bonchev–Trinajstić information content (AvgIpc) is 2.95. The van der Waals surface area contributed by atoms with Crippen LogP contribution in [0.4, 0.5) is 0 Å². The molecule has 0 bridgehead atoms. The molecule has 1 aliphatic carbocycles. The molecule has 2 heterocycles. The van der Waals surface area contributed by atoms with Crippen molar-refractivity contribution in [2.45, 2.75) is 25.3 Å². The van der Waals surface area contributed by atoms with Crippen LogP contribution in [0.3, 0.4) is 0 Å². The third-order valence-electron chi connectivity index (χ3n) is 3.42. The Kier molecular flexibility index (Phi) is 7.35. The minimum absolute atomic E-state index is 0. The van der Waals surface area contributed by atoms with Crippen LogP contribution in [0.2, 0.25) is 0 Å². The number of hydrogen-bond donors (Lipinski definition) is 2. The molecular formula is C14H19Cl2N3O2S. The molecule has 1 aliphatic rings. The summed E-state index contributed by atoms with van der Waals surface area (Å²) in [5.74, 6) is 1.08. The monoisotopic (exact) mass is 363 g/mol. The minimum Gasteiger partial charge on any atom is -0.444 e. The van der Waals surface area contributed by atoms with Gasteiger partial charge in [0.2, 0.25) is 11.8 Å². The van der Waals surface area contributed by atoms with E-state index < -0.39 is 0 Å². The first-order chi connectivity index (χ1) is 9.76. The number of nitrogens with zero attached hydrogens (tertiary/aromatic N) is 1. The molecule has 0 aliphatic heterocycles.